The maximum absolute atomic E-state index is 12.2. The van der Waals surface area contributed by atoms with Crippen LogP contribution >= 0.6 is 0 Å². The van der Waals surface area contributed by atoms with Gasteiger partial charge in [0.2, 0.25) is 0 Å². The topological polar surface area (TPSA) is 55.1 Å². The molecule has 98 valence electrons. The molecule has 2 aromatic rings. The lowest BCUT2D eigenvalue weighted by Gasteiger charge is -2.10. The summed E-state index contributed by atoms with van der Waals surface area (Å²) in [7, 11) is 0. The number of hydrogen-bond acceptors (Lipinski definition) is 2. The van der Waals surface area contributed by atoms with Gasteiger partial charge in [0.15, 0.2) is 0 Å². The third-order valence-corrected chi connectivity index (χ3v) is 3.25. The van der Waals surface area contributed by atoms with Gasteiger partial charge in [0.1, 0.15) is 0 Å². The molecule has 1 amide bonds. The van der Waals surface area contributed by atoms with Gasteiger partial charge in [-0.05, 0) is 48.7 Å². The summed E-state index contributed by atoms with van der Waals surface area (Å²) in [6, 6.07) is 13.3. The summed E-state index contributed by atoms with van der Waals surface area (Å²) in [5.74, 6) is -0.121. The van der Waals surface area contributed by atoms with Gasteiger partial charge in [-0.15, -0.1) is 0 Å². The first kappa shape index (κ1) is 13.3. The molecule has 0 radical (unpaired) electrons. The Morgan fingerprint density at radius 2 is 1.84 bits per heavy atom. The Kier molecular flexibility index (Phi) is 3.97. The molecule has 0 saturated carbocycles. The van der Waals surface area contributed by atoms with Gasteiger partial charge >= 0.3 is 0 Å². The highest BCUT2D eigenvalue weighted by Crippen LogP contribution is 2.16. The Morgan fingerprint density at radius 3 is 2.53 bits per heavy atom. The first-order valence-electron chi connectivity index (χ1n) is 6.28. The Hall–Kier alpha value is -2.13. The molecule has 0 saturated heterocycles. The Balaban J connectivity index is 2.23. The van der Waals surface area contributed by atoms with Gasteiger partial charge in [-0.1, -0.05) is 24.3 Å². The predicted octanol–water partition coefficient (Wildman–Crippen LogP) is 3.01. The minimum absolute atomic E-state index is 0.121. The summed E-state index contributed by atoms with van der Waals surface area (Å²) in [6.07, 6.45) is 0. The molecule has 0 aromatic heterocycles. The number of nitrogens with two attached hydrogens (primary N) is 1. The summed E-state index contributed by atoms with van der Waals surface area (Å²) in [4.78, 5) is 12.2. The maximum atomic E-state index is 12.2. The Morgan fingerprint density at radius 1 is 1.11 bits per heavy atom. The molecule has 2 aromatic carbocycles. The number of aryl methyl sites for hydroxylation is 2. The van der Waals surface area contributed by atoms with Gasteiger partial charge in [-0.2, -0.15) is 0 Å². The second-order valence-corrected chi connectivity index (χ2v) is 4.61. The molecule has 0 heterocycles. The van der Waals surface area contributed by atoms with Crippen molar-refractivity contribution in [2.24, 2.45) is 5.73 Å². The van der Waals surface area contributed by atoms with Crippen molar-refractivity contribution in [3.8, 4) is 0 Å². The minimum Gasteiger partial charge on any atom is -0.326 e. The molecule has 0 bridgehead atoms. The van der Waals surface area contributed by atoms with Gasteiger partial charge in [0.25, 0.3) is 5.91 Å². The van der Waals surface area contributed by atoms with Crippen molar-refractivity contribution in [1.82, 2.24) is 0 Å². The number of carbonyl (C=O) groups is 1. The van der Waals surface area contributed by atoms with E-state index in [9.17, 15) is 4.79 Å². The third kappa shape index (κ3) is 3.01. The molecule has 0 unspecified atom stereocenters. The lowest BCUT2D eigenvalue weighted by Crippen LogP contribution is -2.15. The van der Waals surface area contributed by atoms with Crippen molar-refractivity contribution >= 4 is 11.6 Å². The van der Waals surface area contributed by atoms with Crippen molar-refractivity contribution in [2.45, 2.75) is 20.4 Å². The number of carbonyl (C=O) groups excluding carboxylic acids is 1. The van der Waals surface area contributed by atoms with Crippen LogP contribution in [0.1, 0.15) is 27.0 Å². The molecule has 0 atom stereocenters. The van der Waals surface area contributed by atoms with Crippen LogP contribution in [0.25, 0.3) is 0 Å². The van der Waals surface area contributed by atoms with Crippen LogP contribution in [-0.4, -0.2) is 5.91 Å². The van der Waals surface area contributed by atoms with Crippen LogP contribution < -0.4 is 11.1 Å². The number of anilines is 1. The zero-order valence-corrected chi connectivity index (χ0v) is 11.2. The first-order chi connectivity index (χ1) is 9.11. The van der Waals surface area contributed by atoms with Crippen molar-refractivity contribution in [3.63, 3.8) is 0 Å². The number of amides is 1. The summed E-state index contributed by atoms with van der Waals surface area (Å²) >= 11 is 0. The van der Waals surface area contributed by atoms with Crippen LogP contribution in [-0.2, 0) is 6.54 Å². The maximum Gasteiger partial charge on any atom is 0.255 e. The second kappa shape index (κ2) is 5.67. The van der Waals surface area contributed by atoms with E-state index in [0.717, 1.165) is 16.8 Å². The van der Waals surface area contributed by atoms with E-state index < -0.39 is 0 Å². The minimum atomic E-state index is -0.121. The van der Waals surface area contributed by atoms with E-state index in [1.165, 1.54) is 5.56 Å². The fourth-order valence-electron chi connectivity index (χ4n) is 1.94. The molecular formula is C16H18N2O. The molecule has 0 aliphatic rings. The van der Waals surface area contributed by atoms with Gasteiger partial charge in [-0.25, -0.2) is 0 Å². The van der Waals surface area contributed by atoms with Gasteiger partial charge in [0.05, 0.1) is 0 Å². The monoisotopic (exact) mass is 254 g/mol. The molecule has 2 rings (SSSR count). The predicted molar refractivity (Wildman–Crippen MR) is 78.2 cm³/mol. The van der Waals surface area contributed by atoms with Crippen LogP contribution in [0.5, 0.6) is 0 Å². The molecule has 3 N–H and O–H groups in total. The summed E-state index contributed by atoms with van der Waals surface area (Å²) in [6.45, 7) is 4.43. The van der Waals surface area contributed by atoms with E-state index in [4.69, 9.17) is 5.73 Å². The smallest absolute Gasteiger partial charge is 0.255 e. The van der Waals surface area contributed by atoms with Gasteiger partial charge < -0.3 is 11.1 Å². The van der Waals surface area contributed by atoms with Crippen molar-refractivity contribution in [1.29, 1.82) is 0 Å². The van der Waals surface area contributed by atoms with Crippen LogP contribution in [0.4, 0.5) is 5.69 Å². The summed E-state index contributed by atoms with van der Waals surface area (Å²) in [5.41, 5.74) is 10.3. The molecule has 3 nitrogen and oxygen atoms in total. The Labute approximate surface area is 113 Å². The number of hydrogen-bond donors (Lipinski definition) is 2. The highest BCUT2D eigenvalue weighted by atomic mass is 16.1. The van der Waals surface area contributed by atoms with Crippen LogP contribution in [0.15, 0.2) is 42.5 Å². The van der Waals surface area contributed by atoms with Gasteiger partial charge in [-0.3, -0.25) is 4.79 Å². The molecule has 0 fully saturated rings. The normalized spacial score (nSPS) is 10.3. The number of rotatable bonds is 3. The average molecular weight is 254 g/mol. The van der Waals surface area contributed by atoms with Crippen LogP contribution in [0.2, 0.25) is 0 Å². The highest BCUT2D eigenvalue weighted by Gasteiger charge is 2.10. The molecular weight excluding hydrogens is 236 g/mol. The highest BCUT2D eigenvalue weighted by molar-refractivity contribution is 6.05. The van der Waals surface area contributed by atoms with E-state index in [1.807, 2.05) is 50.2 Å². The number of nitrogens with one attached hydrogen (secondary N) is 1. The first-order valence-corrected chi connectivity index (χ1v) is 6.28. The quantitative estimate of drug-likeness (QED) is 0.884. The van der Waals surface area contributed by atoms with Crippen LogP contribution in [0, 0.1) is 13.8 Å². The van der Waals surface area contributed by atoms with Gasteiger partial charge in [0, 0.05) is 17.8 Å². The van der Waals surface area contributed by atoms with E-state index in [-0.39, 0.29) is 5.91 Å². The number of benzene rings is 2. The van der Waals surface area contributed by atoms with Crippen molar-refractivity contribution in [2.75, 3.05) is 5.32 Å². The largest absolute Gasteiger partial charge is 0.326 e. The summed E-state index contributed by atoms with van der Waals surface area (Å²) in [5, 5.41) is 2.91. The fourth-order valence-corrected chi connectivity index (χ4v) is 1.94. The fraction of sp³-hybridized carbons (Fsp3) is 0.188. The molecule has 0 spiro atoms. The van der Waals surface area contributed by atoms with E-state index in [0.29, 0.717) is 12.1 Å². The zero-order chi connectivity index (χ0) is 13.8. The van der Waals surface area contributed by atoms with E-state index >= 15 is 0 Å². The van der Waals surface area contributed by atoms with Crippen molar-refractivity contribution < 1.29 is 4.79 Å². The SMILES string of the molecule is Cc1ccc(NC(=O)c2ccccc2CN)cc1C. The average Bonchev–Trinajstić information content (AvgIpc) is 2.43. The summed E-state index contributed by atoms with van der Waals surface area (Å²) < 4.78 is 0. The lowest BCUT2D eigenvalue weighted by molar-refractivity contribution is 0.102. The Bertz CT molecular complexity index is 605. The molecule has 3 heteroatoms. The molecule has 0 aliphatic carbocycles. The standard InChI is InChI=1S/C16H18N2O/c1-11-7-8-14(9-12(11)2)18-16(19)15-6-4-3-5-13(15)10-17/h3-9H,10,17H2,1-2H3,(H,18,19). The second-order valence-electron chi connectivity index (χ2n) is 4.61. The third-order valence-electron chi connectivity index (χ3n) is 3.25. The van der Waals surface area contributed by atoms with E-state index in [1.54, 1.807) is 6.07 Å². The molecule has 19 heavy (non-hydrogen) atoms. The molecule has 0 aliphatic heterocycles. The lowest BCUT2D eigenvalue weighted by atomic mass is 10.1. The van der Waals surface area contributed by atoms with Crippen molar-refractivity contribution in [3.05, 3.63) is 64.7 Å². The zero-order valence-electron chi connectivity index (χ0n) is 11.2. The van der Waals surface area contributed by atoms with Crippen LogP contribution in [0.3, 0.4) is 0 Å². The van der Waals surface area contributed by atoms with E-state index in [2.05, 4.69) is 5.32 Å².